The van der Waals surface area contributed by atoms with Gasteiger partial charge in [0.05, 0.1) is 11.7 Å². The van der Waals surface area contributed by atoms with Crippen molar-refractivity contribution >= 4 is 29.7 Å². The number of aliphatic carboxylic acids is 1. The molecule has 39 heavy (non-hydrogen) atoms. The lowest BCUT2D eigenvalue weighted by Gasteiger charge is -2.30. The van der Waals surface area contributed by atoms with Crippen LogP contribution in [0.1, 0.15) is 65.5 Å². The zero-order valence-corrected chi connectivity index (χ0v) is 24.6. The van der Waals surface area contributed by atoms with Gasteiger partial charge in [-0.2, -0.15) is 11.8 Å². The molecule has 0 bridgehead atoms. The second kappa shape index (κ2) is 12.4. The first-order valence-corrected chi connectivity index (χ1v) is 14.1. The van der Waals surface area contributed by atoms with E-state index in [1.165, 1.54) is 11.8 Å². The van der Waals surface area contributed by atoms with Gasteiger partial charge in [-0.25, -0.2) is 9.59 Å². The number of rotatable bonds is 10. The Hall–Kier alpha value is -3.04. The highest BCUT2D eigenvalue weighted by Gasteiger charge is 2.34. The fourth-order valence-electron chi connectivity index (χ4n) is 4.56. The van der Waals surface area contributed by atoms with Crippen molar-refractivity contribution in [2.24, 2.45) is 0 Å². The molecular formula is C30H40N2O6S. The van der Waals surface area contributed by atoms with Gasteiger partial charge in [0.2, 0.25) is 5.91 Å². The van der Waals surface area contributed by atoms with Crippen LogP contribution in [-0.4, -0.2) is 64.0 Å². The predicted molar refractivity (Wildman–Crippen MR) is 154 cm³/mol. The summed E-state index contributed by atoms with van der Waals surface area (Å²) in [6.07, 6.45) is -1.53. The lowest BCUT2D eigenvalue weighted by atomic mass is 9.98. The molecule has 8 nitrogen and oxygen atoms in total. The van der Waals surface area contributed by atoms with Gasteiger partial charge in [-0.15, -0.1) is 0 Å². The molecule has 0 heterocycles. The number of carboxylic acids is 1. The largest absolute Gasteiger partial charge is 0.480 e. The van der Waals surface area contributed by atoms with Crippen LogP contribution in [0.5, 0.6) is 0 Å². The van der Waals surface area contributed by atoms with Crippen LogP contribution >= 0.6 is 11.8 Å². The molecule has 0 radical (unpaired) electrons. The average molecular weight is 557 g/mol. The fourth-order valence-corrected chi connectivity index (χ4v) is 5.46. The summed E-state index contributed by atoms with van der Waals surface area (Å²) in [6, 6.07) is 13.8. The van der Waals surface area contributed by atoms with Crippen molar-refractivity contribution in [2.75, 3.05) is 12.4 Å². The number of amides is 2. The van der Waals surface area contributed by atoms with Gasteiger partial charge in [0.25, 0.3) is 0 Å². The number of ether oxygens (including phenoxy) is 2. The molecule has 3 rings (SSSR count). The van der Waals surface area contributed by atoms with E-state index in [0.29, 0.717) is 0 Å². The van der Waals surface area contributed by atoms with E-state index in [9.17, 15) is 19.5 Å². The molecule has 0 saturated heterocycles. The molecule has 3 atom stereocenters. The van der Waals surface area contributed by atoms with Crippen molar-refractivity contribution in [3.05, 3.63) is 59.7 Å². The Balaban J connectivity index is 1.71. The predicted octanol–water partition coefficient (Wildman–Crippen LogP) is 5.20. The van der Waals surface area contributed by atoms with Crippen LogP contribution < -0.4 is 10.6 Å². The van der Waals surface area contributed by atoms with Gasteiger partial charge in [0, 0.05) is 16.4 Å². The number of carbonyl (C=O) groups excluding carboxylic acids is 2. The van der Waals surface area contributed by atoms with Gasteiger partial charge in [-0.05, 0) is 49.9 Å². The van der Waals surface area contributed by atoms with Gasteiger partial charge >= 0.3 is 12.1 Å². The van der Waals surface area contributed by atoms with Crippen molar-refractivity contribution in [3.8, 4) is 11.1 Å². The first kappa shape index (κ1) is 30.5. The molecule has 1 aliphatic rings. The Morgan fingerprint density at radius 2 is 1.46 bits per heavy atom. The van der Waals surface area contributed by atoms with E-state index in [1.807, 2.05) is 77.9 Å². The van der Waals surface area contributed by atoms with Crippen molar-refractivity contribution in [1.29, 1.82) is 0 Å². The number of benzene rings is 2. The van der Waals surface area contributed by atoms with Crippen LogP contribution in [0.25, 0.3) is 11.1 Å². The molecule has 212 valence electrons. The Kier molecular flexibility index (Phi) is 9.72. The lowest BCUT2D eigenvalue weighted by Crippen LogP contribution is -2.56. The molecular weight excluding hydrogens is 516 g/mol. The van der Waals surface area contributed by atoms with E-state index < -0.39 is 41.8 Å². The van der Waals surface area contributed by atoms with Gasteiger partial charge in [-0.1, -0.05) is 69.3 Å². The molecule has 0 fully saturated rings. The number of hydrogen-bond acceptors (Lipinski definition) is 6. The molecule has 1 aliphatic carbocycles. The second-order valence-electron chi connectivity index (χ2n) is 11.7. The fraction of sp³-hybridized carbons (Fsp3) is 0.500. The Bertz CT molecular complexity index is 1140. The molecule has 2 aromatic carbocycles. The third-order valence-corrected chi connectivity index (χ3v) is 7.57. The van der Waals surface area contributed by atoms with Crippen LogP contribution in [0, 0.1) is 0 Å². The van der Waals surface area contributed by atoms with E-state index in [-0.39, 0.29) is 23.0 Å². The lowest BCUT2D eigenvalue weighted by molar-refractivity contribution is -0.150. The zero-order chi connectivity index (χ0) is 29.0. The Morgan fingerprint density at radius 1 is 0.923 bits per heavy atom. The van der Waals surface area contributed by atoms with Crippen LogP contribution in [0.2, 0.25) is 0 Å². The summed E-state index contributed by atoms with van der Waals surface area (Å²) in [6.45, 7) is 13.1. The third kappa shape index (κ3) is 8.47. The third-order valence-electron chi connectivity index (χ3n) is 6.21. The van der Waals surface area contributed by atoms with Crippen molar-refractivity contribution < 1.29 is 29.0 Å². The summed E-state index contributed by atoms with van der Waals surface area (Å²) < 4.78 is 11.2. The van der Waals surface area contributed by atoms with E-state index >= 15 is 0 Å². The molecule has 0 unspecified atom stereocenters. The summed E-state index contributed by atoms with van der Waals surface area (Å²) in [5.74, 6) is -1.72. The van der Waals surface area contributed by atoms with Gasteiger partial charge in [0.1, 0.15) is 12.6 Å². The van der Waals surface area contributed by atoms with E-state index in [2.05, 4.69) is 22.8 Å². The van der Waals surface area contributed by atoms with E-state index in [1.54, 1.807) is 6.92 Å². The molecule has 0 aromatic heterocycles. The zero-order valence-electron chi connectivity index (χ0n) is 23.7. The number of carbonyl (C=O) groups is 3. The SMILES string of the molecule is C[C@H](OC(C)(C)C)[C@H](NC(=O)[C@H](CSC(C)(C)C)NC(=O)OCC1c2ccccc2-c2ccccc21)C(=O)O. The normalized spacial score (nSPS) is 15.5. The first-order chi connectivity index (χ1) is 18.2. The maximum absolute atomic E-state index is 13.3. The van der Waals surface area contributed by atoms with Crippen LogP contribution in [0.4, 0.5) is 4.79 Å². The van der Waals surface area contributed by atoms with Gasteiger partial charge in [-0.3, -0.25) is 4.79 Å². The number of hydrogen-bond donors (Lipinski definition) is 3. The first-order valence-electron chi connectivity index (χ1n) is 13.1. The Labute approximate surface area is 235 Å². The number of alkyl carbamates (subject to hydrolysis) is 1. The highest BCUT2D eigenvalue weighted by atomic mass is 32.2. The van der Waals surface area contributed by atoms with Crippen molar-refractivity contribution in [1.82, 2.24) is 10.6 Å². The van der Waals surface area contributed by atoms with Gasteiger partial charge in [0.15, 0.2) is 6.04 Å². The Morgan fingerprint density at radius 3 is 1.95 bits per heavy atom. The minimum atomic E-state index is -1.29. The highest BCUT2D eigenvalue weighted by Crippen LogP contribution is 2.44. The molecule has 3 N–H and O–H groups in total. The van der Waals surface area contributed by atoms with Crippen LogP contribution in [0.3, 0.4) is 0 Å². The minimum Gasteiger partial charge on any atom is -0.480 e. The summed E-state index contributed by atoms with van der Waals surface area (Å²) in [7, 11) is 0. The van der Waals surface area contributed by atoms with Crippen LogP contribution in [0.15, 0.2) is 48.5 Å². The van der Waals surface area contributed by atoms with Crippen LogP contribution in [-0.2, 0) is 19.1 Å². The number of fused-ring (bicyclic) bond motifs is 3. The molecule has 2 amide bonds. The van der Waals surface area contributed by atoms with Crippen molar-refractivity contribution in [2.45, 2.75) is 82.9 Å². The smallest absolute Gasteiger partial charge is 0.407 e. The molecule has 0 saturated carbocycles. The van der Waals surface area contributed by atoms with E-state index in [0.717, 1.165) is 22.3 Å². The maximum Gasteiger partial charge on any atom is 0.407 e. The van der Waals surface area contributed by atoms with Gasteiger partial charge < -0.3 is 25.2 Å². The van der Waals surface area contributed by atoms with E-state index in [4.69, 9.17) is 9.47 Å². The average Bonchev–Trinajstić information content (AvgIpc) is 3.15. The van der Waals surface area contributed by atoms with Crippen molar-refractivity contribution in [3.63, 3.8) is 0 Å². The number of carboxylic acid groups (broad SMARTS) is 1. The summed E-state index contributed by atoms with van der Waals surface area (Å²) >= 11 is 1.48. The maximum atomic E-state index is 13.3. The number of thioether (sulfide) groups is 1. The summed E-state index contributed by atoms with van der Waals surface area (Å²) in [4.78, 5) is 38.2. The summed E-state index contributed by atoms with van der Waals surface area (Å²) in [5, 5.41) is 15.0. The summed E-state index contributed by atoms with van der Waals surface area (Å²) in [5.41, 5.74) is 3.81. The topological polar surface area (TPSA) is 114 Å². The molecule has 9 heteroatoms. The highest BCUT2D eigenvalue weighted by molar-refractivity contribution is 8.00. The number of nitrogens with one attached hydrogen (secondary N) is 2. The molecule has 0 aliphatic heterocycles. The monoisotopic (exact) mass is 556 g/mol. The quantitative estimate of drug-likeness (QED) is 0.369. The second-order valence-corrected chi connectivity index (χ2v) is 13.6. The molecule has 0 spiro atoms. The minimum absolute atomic E-state index is 0.106. The standard InChI is InChI=1S/C30H40N2O6S/c1-18(38-29(2,3)4)25(27(34)35)32-26(33)24(17-39-30(5,6)7)31-28(36)37-16-23-21-14-10-8-12-19(21)20-13-9-11-15-22(20)23/h8-15,18,23-25H,16-17H2,1-7H3,(H,31,36)(H,32,33)(H,34,35)/t18-,24-,25-/m0/s1. The molecule has 2 aromatic rings.